The van der Waals surface area contributed by atoms with Crippen LogP contribution in [0.4, 0.5) is 10.1 Å². The van der Waals surface area contributed by atoms with E-state index in [2.05, 4.69) is 11.8 Å². The summed E-state index contributed by atoms with van der Waals surface area (Å²) in [6.45, 7) is 8.27. The monoisotopic (exact) mass is 317 g/mol. The molecule has 2 unspecified atom stereocenters. The molecule has 23 heavy (non-hydrogen) atoms. The molecular formula is C18H24FN3O. The van der Waals surface area contributed by atoms with E-state index in [1.165, 1.54) is 12.1 Å². The summed E-state index contributed by atoms with van der Waals surface area (Å²) in [5.74, 6) is 0.00557. The molecule has 5 heteroatoms. The first kappa shape index (κ1) is 16.0. The van der Waals surface area contributed by atoms with Crippen LogP contribution in [0.15, 0.2) is 23.1 Å². The molecule has 2 heterocycles. The number of fused-ring (bicyclic) bond motifs is 1. The number of benzene rings is 1. The van der Waals surface area contributed by atoms with Gasteiger partial charge < -0.3 is 15.2 Å². The summed E-state index contributed by atoms with van der Waals surface area (Å²) >= 11 is 0. The minimum absolute atomic E-state index is 0.132. The van der Waals surface area contributed by atoms with Crippen molar-refractivity contribution in [3.8, 4) is 0 Å². The molecule has 0 saturated carbocycles. The van der Waals surface area contributed by atoms with Gasteiger partial charge in [-0.25, -0.2) is 4.39 Å². The molecule has 2 aromatic rings. The third-order valence-corrected chi connectivity index (χ3v) is 5.05. The highest BCUT2D eigenvalue weighted by Crippen LogP contribution is 2.32. The van der Waals surface area contributed by atoms with Crippen molar-refractivity contribution in [1.82, 2.24) is 4.57 Å². The van der Waals surface area contributed by atoms with Crippen LogP contribution in [-0.4, -0.2) is 23.7 Å². The second-order valence-corrected chi connectivity index (χ2v) is 6.57. The third-order valence-electron chi connectivity index (χ3n) is 5.05. The van der Waals surface area contributed by atoms with Crippen LogP contribution in [0.3, 0.4) is 0 Å². The van der Waals surface area contributed by atoms with E-state index in [1.54, 1.807) is 6.20 Å². The highest BCUT2D eigenvalue weighted by atomic mass is 19.1. The van der Waals surface area contributed by atoms with E-state index in [1.807, 2.05) is 18.4 Å². The lowest BCUT2D eigenvalue weighted by atomic mass is 9.93. The first-order valence-electron chi connectivity index (χ1n) is 8.26. The van der Waals surface area contributed by atoms with E-state index in [9.17, 15) is 9.18 Å². The smallest absolute Gasteiger partial charge is 0.189 e. The van der Waals surface area contributed by atoms with E-state index in [0.717, 1.165) is 37.1 Å². The maximum absolute atomic E-state index is 14.8. The Balaban J connectivity index is 2.20. The van der Waals surface area contributed by atoms with Gasteiger partial charge in [0.05, 0.1) is 11.2 Å². The average Bonchev–Trinajstić information content (AvgIpc) is 2.52. The fourth-order valence-corrected chi connectivity index (χ4v) is 3.66. The lowest BCUT2D eigenvalue weighted by Gasteiger charge is -2.37. The topological polar surface area (TPSA) is 51.3 Å². The zero-order valence-electron chi connectivity index (χ0n) is 14.0. The number of pyridine rings is 1. The Morgan fingerprint density at radius 1 is 1.43 bits per heavy atom. The number of anilines is 1. The van der Waals surface area contributed by atoms with Crippen molar-refractivity contribution in [3.63, 3.8) is 0 Å². The molecule has 2 atom stereocenters. The van der Waals surface area contributed by atoms with Gasteiger partial charge >= 0.3 is 0 Å². The predicted molar refractivity (Wildman–Crippen MR) is 92.5 cm³/mol. The van der Waals surface area contributed by atoms with Gasteiger partial charge in [-0.1, -0.05) is 6.92 Å². The number of hydrogen-bond donors (Lipinski definition) is 1. The van der Waals surface area contributed by atoms with Gasteiger partial charge in [0.2, 0.25) is 0 Å². The van der Waals surface area contributed by atoms with Gasteiger partial charge in [0.25, 0.3) is 0 Å². The van der Waals surface area contributed by atoms with Crippen molar-refractivity contribution in [3.05, 3.63) is 39.9 Å². The number of aryl methyl sites for hydroxylation is 2. The molecule has 1 saturated heterocycles. The van der Waals surface area contributed by atoms with E-state index in [-0.39, 0.29) is 17.3 Å². The van der Waals surface area contributed by atoms with Gasteiger partial charge in [-0.2, -0.15) is 0 Å². The van der Waals surface area contributed by atoms with Crippen molar-refractivity contribution in [2.45, 2.75) is 39.8 Å². The number of piperidine rings is 1. The van der Waals surface area contributed by atoms with Crippen LogP contribution in [-0.2, 0) is 6.54 Å². The molecule has 0 radical (unpaired) electrons. The minimum Gasteiger partial charge on any atom is -0.369 e. The average molecular weight is 317 g/mol. The molecule has 1 aromatic heterocycles. The molecule has 0 bridgehead atoms. The Kier molecular flexibility index (Phi) is 4.15. The zero-order valence-corrected chi connectivity index (χ0v) is 14.0. The normalized spacial score (nSPS) is 21.9. The van der Waals surface area contributed by atoms with Crippen molar-refractivity contribution < 1.29 is 4.39 Å². The molecule has 1 aliphatic rings. The van der Waals surface area contributed by atoms with Crippen molar-refractivity contribution in [2.24, 2.45) is 11.7 Å². The summed E-state index contributed by atoms with van der Waals surface area (Å²) in [5.41, 5.74) is 8.24. The molecule has 4 nitrogen and oxygen atoms in total. The lowest BCUT2D eigenvalue weighted by molar-refractivity contribution is 0.380. The molecule has 2 N–H and O–H groups in total. The molecular weight excluding hydrogens is 293 g/mol. The molecule has 1 aromatic carbocycles. The van der Waals surface area contributed by atoms with Gasteiger partial charge in [0, 0.05) is 43.3 Å². The Labute approximate surface area is 135 Å². The number of rotatable bonds is 2. The molecule has 3 rings (SSSR count). The van der Waals surface area contributed by atoms with Crippen LogP contribution < -0.4 is 16.1 Å². The molecule has 124 valence electrons. The van der Waals surface area contributed by atoms with Crippen molar-refractivity contribution in [2.75, 3.05) is 18.0 Å². The van der Waals surface area contributed by atoms with Crippen LogP contribution >= 0.6 is 0 Å². The van der Waals surface area contributed by atoms with Gasteiger partial charge in [0.15, 0.2) is 5.43 Å². The van der Waals surface area contributed by atoms with Crippen LogP contribution in [0.25, 0.3) is 10.9 Å². The zero-order chi connectivity index (χ0) is 16.7. The minimum atomic E-state index is -0.316. The van der Waals surface area contributed by atoms with Crippen LogP contribution in [0.5, 0.6) is 0 Å². The first-order chi connectivity index (χ1) is 10.9. The fourth-order valence-electron chi connectivity index (χ4n) is 3.66. The van der Waals surface area contributed by atoms with E-state index >= 15 is 0 Å². The molecule has 0 aliphatic carbocycles. The van der Waals surface area contributed by atoms with Crippen LogP contribution in [0.2, 0.25) is 0 Å². The highest BCUT2D eigenvalue weighted by molar-refractivity contribution is 5.87. The highest BCUT2D eigenvalue weighted by Gasteiger charge is 2.27. The Morgan fingerprint density at radius 3 is 2.83 bits per heavy atom. The lowest BCUT2D eigenvalue weighted by Crippen LogP contribution is -2.46. The summed E-state index contributed by atoms with van der Waals surface area (Å²) in [7, 11) is 0. The van der Waals surface area contributed by atoms with Crippen LogP contribution in [0, 0.1) is 18.7 Å². The maximum Gasteiger partial charge on any atom is 0.189 e. The summed E-state index contributed by atoms with van der Waals surface area (Å²) in [4.78, 5) is 14.2. The fraction of sp³-hybridized carbons (Fsp3) is 0.500. The van der Waals surface area contributed by atoms with Gasteiger partial charge in [-0.05, 0) is 37.8 Å². The van der Waals surface area contributed by atoms with E-state index in [0.29, 0.717) is 17.0 Å². The molecule has 1 aliphatic heterocycles. The quantitative estimate of drug-likeness (QED) is 0.926. The third kappa shape index (κ3) is 2.63. The number of nitrogens with zero attached hydrogens (tertiary/aromatic N) is 2. The SMILES string of the molecule is CCn1ccc(=O)c2cc(F)c(N3CCC(N)C(C)C3)c(C)c21. The standard InChI is InChI=1S/C18H24FN3O/c1-4-21-8-6-16(23)13-9-14(19)18(12(3)17(13)21)22-7-5-15(20)11(2)10-22/h6,8-9,11,15H,4-5,7,10,20H2,1-3H3. The molecule has 0 spiro atoms. The largest absolute Gasteiger partial charge is 0.369 e. The molecule has 1 fully saturated rings. The van der Waals surface area contributed by atoms with Gasteiger partial charge in [-0.15, -0.1) is 0 Å². The Morgan fingerprint density at radius 2 is 2.17 bits per heavy atom. The second kappa shape index (κ2) is 5.96. The van der Waals surface area contributed by atoms with E-state index in [4.69, 9.17) is 5.73 Å². The Hall–Kier alpha value is -1.88. The van der Waals surface area contributed by atoms with Gasteiger partial charge in [0.1, 0.15) is 5.82 Å². The number of hydrogen-bond acceptors (Lipinski definition) is 3. The van der Waals surface area contributed by atoms with Crippen LogP contribution in [0.1, 0.15) is 25.8 Å². The summed E-state index contributed by atoms with van der Waals surface area (Å²) < 4.78 is 16.8. The second-order valence-electron chi connectivity index (χ2n) is 6.57. The number of nitrogens with two attached hydrogens (primary N) is 1. The molecule has 0 amide bonds. The van der Waals surface area contributed by atoms with E-state index < -0.39 is 0 Å². The summed E-state index contributed by atoms with van der Waals surface area (Å²) in [6, 6.07) is 3.07. The Bertz CT molecular complexity index is 799. The predicted octanol–water partition coefficient (Wildman–Crippen LogP) is 2.64. The van der Waals surface area contributed by atoms with Crippen molar-refractivity contribution >= 4 is 16.6 Å². The summed E-state index contributed by atoms with van der Waals surface area (Å²) in [6.07, 6.45) is 2.64. The summed E-state index contributed by atoms with van der Waals surface area (Å²) in [5, 5.41) is 0.454. The van der Waals surface area contributed by atoms with Gasteiger partial charge in [-0.3, -0.25) is 4.79 Å². The number of aromatic nitrogens is 1. The maximum atomic E-state index is 14.8. The first-order valence-corrected chi connectivity index (χ1v) is 8.26. The van der Waals surface area contributed by atoms with Crippen molar-refractivity contribution in [1.29, 1.82) is 0 Å². The number of halogens is 1.